The van der Waals surface area contributed by atoms with Crippen LogP contribution in [0, 0.1) is 11.3 Å². The van der Waals surface area contributed by atoms with Crippen molar-refractivity contribution in [1.82, 2.24) is 5.32 Å². The molecule has 0 aliphatic carbocycles. The highest BCUT2D eigenvalue weighted by molar-refractivity contribution is 5.77. The number of hydrogen-bond acceptors (Lipinski definition) is 5. The van der Waals surface area contributed by atoms with Crippen molar-refractivity contribution in [3.05, 3.63) is 54.1 Å². The van der Waals surface area contributed by atoms with Crippen LogP contribution >= 0.6 is 0 Å². The van der Waals surface area contributed by atoms with Crippen molar-refractivity contribution < 1.29 is 19.0 Å². The smallest absolute Gasteiger partial charge is 0.234 e. The zero-order chi connectivity index (χ0) is 18.6. The number of methoxy groups -OCH3 is 1. The van der Waals surface area contributed by atoms with Crippen molar-refractivity contribution in [3.63, 3.8) is 0 Å². The second-order valence-electron chi connectivity index (χ2n) is 5.42. The molecule has 2 aromatic rings. The first-order valence-corrected chi connectivity index (χ1v) is 8.34. The van der Waals surface area contributed by atoms with Gasteiger partial charge in [0.1, 0.15) is 36.9 Å². The molecule has 1 amide bonds. The minimum atomic E-state index is -0.266. The van der Waals surface area contributed by atoms with Gasteiger partial charge in [-0.2, -0.15) is 5.26 Å². The molecule has 0 saturated carbocycles. The van der Waals surface area contributed by atoms with E-state index in [4.69, 9.17) is 19.5 Å². The van der Waals surface area contributed by atoms with Gasteiger partial charge in [-0.3, -0.25) is 4.79 Å². The Kier molecular flexibility index (Phi) is 7.81. The van der Waals surface area contributed by atoms with Gasteiger partial charge in [-0.15, -0.1) is 0 Å². The molecule has 26 heavy (non-hydrogen) atoms. The van der Waals surface area contributed by atoms with Crippen LogP contribution in [-0.4, -0.2) is 32.8 Å². The molecule has 6 nitrogen and oxygen atoms in total. The predicted molar refractivity (Wildman–Crippen MR) is 97.4 cm³/mol. The number of ether oxygens (including phenoxy) is 3. The van der Waals surface area contributed by atoms with E-state index in [1.165, 1.54) is 0 Å². The van der Waals surface area contributed by atoms with E-state index in [-0.39, 0.29) is 12.3 Å². The van der Waals surface area contributed by atoms with Crippen molar-refractivity contribution in [3.8, 4) is 23.3 Å². The Morgan fingerprint density at radius 2 is 1.85 bits per heavy atom. The number of nitrogens with one attached hydrogen (secondary N) is 1. The molecule has 2 aromatic carbocycles. The van der Waals surface area contributed by atoms with Crippen molar-refractivity contribution in [2.75, 3.05) is 26.9 Å². The first-order chi connectivity index (χ1) is 12.7. The number of carbonyl (C=O) groups is 1. The van der Waals surface area contributed by atoms with E-state index in [2.05, 4.69) is 5.32 Å². The van der Waals surface area contributed by atoms with Gasteiger partial charge in [0.15, 0.2) is 0 Å². The van der Waals surface area contributed by atoms with Gasteiger partial charge in [-0.05, 0) is 30.2 Å². The average molecular weight is 354 g/mol. The number of hydrogen-bond donors (Lipinski definition) is 1. The predicted octanol–water partition coefficient (Wildman–Crippen LogP) is 2.73. The molecule has 0 aliphatic heterocycles. The standard InChI is InChI=1S/C20H22N2O4/c1-24-17-6-4-7-18(15-17)25-13-14-26-19-8-3-2-5-16(19)10-12-22-20(23)9-11-21/h2-8,15H,9-10,12-14H2,1H3,(H,22,23). The fourth-order valence-electron chi connectivity index (χ4n) is 2.32. The van der Waals surface area contributed by atoms with Crippen LogP contribution in [0.3, 0.4) is 0 Å². The van der Waals surface area contributed by atoms with Crippen LogP contribution in [0.5, 0.6) is 17.2 Å². The Bertz CT molecular complexity index is 755. The average Bonchev–Trinajstić information content (AvgIpc) is 2.66. The maximum atomic E-state index is 11.3. The third kappa shape index (κ3) is 6.36. The molecule has 0 atom stereocenters. The minimum Gasteiger partial charge on any atom is -0.497 e. The van der Waals surface area contributed by atoms with Gasteiger partial charge in [0.05, 0.1) is 13.2 Å². The van der Waals surface area contributed by atoms with E-state index in [1.54, 1.807) is 7.11 Å². The monoisotopic (exact) mass is 354 g/mol. The van der Waals surface area contributed by atoms with Crippen molar-refractivity contribution in [2.45, 2.75) is 12.8 Å². The lowest BCUT2D eigenvalue weighted by Crippen LogP contribution is -2.25. The molecule has 0 aromatic heterocycles. The fraction of sp³-hybridized carbons (Fsp3) is 0.300. The molecule has 0 bridgehead atoms. The van der Waals surface area contributed by atoms with Gasteiger partial charge >= 0.3 is 0 Å². The summed E-state index contributed by atoms with van der Waals surface area (Å²) in [6.07, 6.45) is 0.504. The first kappa shape index (κ1) is 19.1. The number of nitriles is 1. The summed E-state index contributed by atoms with van der Waals surface area (Å²) in [5, 5.41) is 11.2. The molecule has 0 unspecified atom stereocenters. The fourth-order valence-corrected chi connectivity index (χ4v) is 2.32. The lowest BCUT2D eigenvalue weighted by atomic mass is 10.1. The summed E-state index contributed by atoms with van der Waals surface area (Å²) in [6, 6.07) is 16.9. The maximum Gasteiger partial charge on any atom is 0.234 e. The van der Waals surface area contributed by atoms with Gasteiger partial charge in [0.2, 0.25) is 5.91 Å². The molecule has 0 fully saturated rings. The molecule has 6 heteroatoms. The molecule has 2 rings (SSSR count). The van der Waals surface area contributed by atoms with E-state index < -0.39 is 0 Å². The zero-order valence-electron chi connectivity index (χ0n) is 14.7. The third-order valence-corrected chi connectivity index (χ3v) is 3.58. The number of para-hydroxylation sites is 1. The van der Waals surface area contributed by atoms with E-state index in [9.17, 15) is 4.79 Å². The SMILES string of the molecule is COc1cccc(OCCOc2ccccc2CCNC(=O)CC#N)c1. The number of rotatable bonds is 10. The van der Waals surface area contributed by atoms with Crippen LogP contribution < -0.4 is 19.5 Å². The highest BCUT2D eigenvalue weighted by atomic mass is 16.5. The second kappa shape index (κ2) is 10.6. The normalized spacial score (nSPS) is 9.85. The lowest BCUT2D eigenvalue weighted by molar-refractivity contribution is -0.120. The minimum absolute atomic E-state index is 0.125. The number of benzene rings is 2. The van der Waals surface area contributed by atoms with Gasteiger partial charge in [-0.25, -0.2) is 0 Å². The Hall–Kier alpha value is -3.20. The van der Waals surface area contributed by atoms with Crippen LogP contribution in [0.15, 0.2) is 48.5 Å². The molecule has 136 valence electrons. The first-order valence-electron chi connectivity index (χ1n) is 8.34. The topological polar surface area (TPSA) is 80.6 Å². The molecule has 0 saturated heterocycles. The van der Waals surface area contributed by atoms with Crippen LogP contribution in [0.25, 0.3) is 0 Å². The molecule has 0 spiro atoms. The van der Waals surface area contributed by atoms with Crippen molar-refractivity contribution >= 4 is 5.91 Å². The van der Waals surface area contributed by atoms with Crippen LogP contribution in [0.2, 0.25) is 0 Å². The van der Waals surface area contributed by atoms with Crippen LogP contribution in [0.4, 0.5) is 0 Å². The molecule has 0 aliphatic rings. The molecular weight excluding hydrogens is 332 g/mol. The molecular formula is C20H22N2O4. The lowest BCUT2D eigenvalue weighted by Gasteiger charge is -2.12. The highest BCUT2D eigenvalue weighted by Gasteiger charge is 2.05. The largest absolute Gasteiger partial charge is 0.497 e. The highest BCUT2D eigenvalue weighted by Crippen LogP contribution is 2.20. The third-order valence-electron chi connectivity index (χ3n) is 3.58. The van der Waals surface area contributed by atoms with Gasteiger partial charge in [-0.1, -0.05) is 24.3 Å². The van der Waals surface area contributed by atoms with E-state index >= 15 is 0 Å². The Morgan fingerprint density at radius 3 is 2.65 bits per heavy atom. The van der Waals surface area contributed by atoms with Gasteiger partial charge in [0, 0.05) is 12.6 Å². The molecule has 0 radical (unpaired) electrons. The maximum absolute atomic E-state index is 11.3. The van der Waals surface area contributed by atoms with E-state index in [0.717, 1.165) is 22.8 Å². The van der Waals surface area contributed by atoms with Gasteiger partial charge < -0.3 is 19.5 Å². The zero-order valence-corrected chi connectivity index (χ0v) is 14.7. The summed E-state index contributed by atoms with van der Waals surface area (Å²) in [4.78, 5) is 11.3. The van der Waals surface area contributed by atoms with Crippen LogP contribution in [0.1, 0.15) is 12.0 Å². The number of nitrogens with zero attached hydrogens (tertiary/aromatic N) is 1. The number of amides is 1. The van der Waals surface area contributed by atoms with E-state index in [0.29, 0.717) is 26.2 Å². The summed E-state index contributed by atoms with van der Waals surface area (Å²) < 4.78 is 16.6. The van der Waals surface area contributed by atoms with Crippen molar-refractivity contribution in [1.29, 1.82) is 5.26 Å². The van der Waals surface area contributed by atoms with Crippen LogP contribution in [-0.2, 0) is 11.2 Å². The van der Waals surface area contributed by atoms with Gasteiger partial charge in [0.25, 0.3) is 0 Å². The summed E-state index contributed by atoms with van der Waals surface area (Å²) in [5.74, 6) is 1.96. The Morgan fingerprint density at radius 1 is 1.08 bits per heavy atom. The van der Waals surface area contributed by atoms with Crippen molar-refractivity contribution in [2.24, 2.45) is 0 Å². The second-order valence-corrected chi connectivity index (χ2v) is 5.42. The summed E-state index contributed by atoms with van der Waals surface area (Å²) in [7, 11) is 1.61. The molecule has 1 N–H and O–H groups in total. The quantitative estimate of drug-likeness (QED) is 0.664. The molecule has 0 heterocycles. The Balaban J connectivity index is 1.78. The van der Waals surface area contributed by atoms with E-state index in [1.807, 2.05) is 54.6 Å². The summed E-state index contributed by atoms with van der Waals surface area (Å²) >= 11 is 0. The number of carbonyl (C=O) groups excluding carboxylic acids is 1. The summed E-state index contributed by atoms with van der Waals surface area (Å²) in [6.45, 7) is 1.26. The Labute approximate surface area is 153 Å². The summed E-state index contributed by atoms with van der Waals surface area (Å²) in [5.41, 5.74) is 0.992.